The number of nitrogens with one attached hydrogen (secondary N) is 2. The third-order valence-electron chi connectivity index (χ3n) is 11.9. The van der Waals surface area contributed by atoms with Crippen molar-refractivity contribution < 1.29 is 24.2 Å². The molecule has 0 saturated carbocycles. The first-order chi connectivity index (χ1) is 29.9. The van der Waals surface area contributed by atoms with Gasteiger partial charge in [-0.2, -0.15) is 0 Å². The Morgan fingerprint density at radius 1 is 0.758 bits per heavy atom. The van der Waals surface area contributed by atoms with Crippen molar-refractivity contribution >= 4 is 90.4 Å². The Labute approximate surface area is 367 Å². The molecule has 0 bridgehead atoms. The van der Waals surface area contributed by atoms with Gasteiger partial charge in [0.05, 0.1) is 55.4 Å². The van der Waals surface area contributed by atoms with Crippen LogP contribution in [0.2, 0.25) is 0 Å². The number of fused-ring (bicyclic) bond motifs is 8. The number of carbonyl (C=O) groups is 2. The third kappa shape index (κ3) is 8.08. The van der Waals surface area contributed by atoms with E-state index in [9.17, 15) is 14.7 Å². The van der Waals surface area contributed by atoms with E-state index in [1.807, 2.05) is 42.6 Å². The molecule has 3 N–H and O–H groups in total. The van der Waals surface area contributed by atoms with Gasteiger partial charge >= 0.3 is 5.97 Å². The summed E-state index contributed by atoms with van der Waals surface area (Å²) < 4.78 is 11.2. The molecule has 10 rings (SSSR count). The fraction of sp³-hybridized carbons (Fsp3) is 0.391. The van der Waals surface area contributed by atoms with Crippen LogP contribution in [0.4, 0.5) is 23.0 Å². The first-order valence-corrected chi connectivity index (χ1v) is 22.4. The Morgan fingerprint density at radius 2 is 1.24 bits per heavy atom. The average Bonchev–Trinajstić information content (AvgIpc) is 4.06. The molecule has 62 heavy (non-hydrogen) atoms. The van der Waals surface area contributed by atoms with Gasteiger partial charge in [-0.3, -0.25) is 19.6 Å². The van der Waals surface area contributed by atoms with Gasteiger partial charge in [0.25, 0.3) is 0 Å². The highest BCUT2D eigenvalue weighted by Gasteiger charge is 2.33. The second-order valence-electron chi connectivity index (χ2n) is 17.5. The van der Waals surface area contributed by atoms with E-state index in [-0.39, 0.29) is 23.2 Å². The number of hydrogen-bond donors (Lipinski definition) is 3. The molecule has 4 aromatic heterocycles. The van der Waals surface area contributed by atoms with Gasteiger partial charge in [0.1, 0.15) is 45.5 Å². The van der Waals surface area contributed by atoms with E-state index in [1.54, 1.807) is 49.5 Å². The number of aliphatic imine (C=N–C) groups is 2. The van der Waals surface area contributed by atoms with E-state index >= 15 is 0 Å². The number of hydrogen-bond acceptors (Lipinski definition) is 14. The molecule has 14 nitrogen and oxygen atoms in total. The van der Waals surface area contributed by atoms with Crippen molar-refractivity contribution in [3.8, 4) is 11.5 Å². The number of amides is 1. The first kappa shape index (κ1) is 41.4. The number of thiophene rings is 2. The lowest BCUT2D eigenvalue weighted by Crippen LogP contribution is -2.39. The Kier molecular flexibility index (Phi) is 11.1. The van der Waals surface area contributed by atoms with E-state index in [0.717, 1.165) is 114 Å². The number of nitrogens with zero attached hydrogens (tertiary/aromatic N) is 7. The highest BCUT2D eigenvalue weighted by molar-refractivity contribution is 7.19. The Bertz CT molecular complexity index is 2810. The van der Waals surface area contributed by atoms with Crippen molar-refractivity contribution in [2.75, 3.05) is 38.4 Å². The second kappa shape index (κ2) is 16.7. The van der Waals surface area contributed by atoms with Gasteiger partial charge in [0.2, 0.25) is 5.91 Å². The lowest BCUT2D eigenvalue weighted by molar-refractivity contribution is -0.142. The highest BCUT2D eigenvalue weighted by atomic mass is 32.1. The van der Waals surface area contributed by atoms with Gasteiger partial charge < -0.3 is 30.1 Å². The first-order valence-electron chi connectivity index (χ1n) is 20.8. The van der Waals surface area contributed by atoms with Crippen LogP contribution in [-0.2, 0) is 48.4 Å². The van der Waals surface area contributed by atoms with E-state index in [0.29, 0.717) is 25.9 Å². The molecule has 320 valence electrons. The largest absolute Gasteiger partial charge is 0.495 e. The monoisotopic (exact) mass is 871 g/mol. The predicted octanol–water partition coefficient (Wildman–Crippen LogP) is 8.55. The number of aromatic nitrogens is 4. The summed E-state index contributed by atoms with van der Waals surface area (Å²) in [6.45, 7) is 8.61. The predicted molar refractivity (Wildman–Crippen MR) is 246 cm³/mol. The smallest absolute Gasteiger partial charge is 0.306 e. The van der Waals surface area contributed by atoms with Crippen LogP contribution in [0.5, 0.6) is 11.5 Å². The van der Waals surface area contributed by atoms with E-state index in [2.05, 4.69) is 67.4 Å². The molecule has 0 unspecified atom stereocenters. The Hall–Kier alpha value is -6.00. The Balaban J connectivity index is 0.000000161. The molecule has 0 saturated heterocycles. The third-order valence-corrected chi connectivity index (χ3v) is 14.2. The summed E-state index contributed by atoms with van der Waals surface area (Å²) >= 11 is 3.26. The molecule has 6 heterocycles. The lowest BCUT2D eigenvalue weighted by atomic mass is 9.86. The van der Waals surface area contributed by atoms with Crippen LogP contribution in [0, 0.1) is 17.3 Å². The number of carbonyl (C=O) groups excluding carboxylic acids is 1. The maximum absolute atomic E-state index is 13.1. The summed E-state index contributed by atoms with van der Waals surface area (Å²) in [5.41, 5.74) is 8.69. The summed E-state index contributed by atoms with van der Waals surface area (Å²) in [4.78, 5) is 57.4. The average molecular weight is 872 g/mol. The molecule has 1 amide bonds. The number of methoxy groups -OCH3 is 2. The van der Waals surface area contributed by atoms with Gasteiger partial charge in [-0.15, -0.1) is 22.7 Å². The number of carboxylic acid groups (broad SMARTS) is 1. The molecular formula is C46H49N9O5S2. The standard InChI is InChI=1S/C26H31N5O2S.C20H18N4O3S/c1-26(2,3)13-31(4)25(32)15-6-7-18-21(10-15)34-24-22(18)23(28-14-29-24)30-19-8-16-11-27-12-17(16)9-20(19)33-5;1-27-15-5-12-8-21-7-11(12)4-14(15)24-18-17-13-3-2-10(20(25)26)6-16(13)28-19(17)23-9-22-18/h8-9,11,14-15H,6-7,10,12-13H2,1-5H3,(H,28,29,30);4-5,7,9-10H,2-3,6,8H2,1H3,(H,25,26)(H,22,23,24)/t15-;10-/m00/s1. The van der Waals surface area contributed by atoms with Gasteiger partial charge in [0.15, 0.2) is 0 Å². The minimum atomic E-state index is -0.725. The number of rotatable bonds is 9. The van der Waals surface area contributed by atoms with E-state index < -0.39 is 5.97 Å². The molecule has 2 aliphatic heterocycles. The summed E-state index contributed by atoms with van der Waals surface area (Å²) in [5, 5.41) is 18.3. The molecule has 0 radical (unpaired) electrons. The zero-order valence-corrected chi connectivity index (χ0v) is 37.3. The van der Waals surface area contributed by atoms with Crippen molar-refractivity contribution in [1.29, 1.82) is 0 Å². The van der Waals surface area contributed by atoms with Crippen LogP contribution in [0.3, 0.4) is 0 Å². The molecule has 2 aliphatic carbocycles. The zero-order chi connectivity index (χ0) is 43.3. The van der Waals surface area contributed by atoms with E-state index in [4.69, 9.17) is 9.47 Å². The number of ether oxygens (including phenoxy) is 2. The van der Waals surface area contributed by atoms with Gasteiger partial charge in [-0.05, 0) is 102 Å². The summed E-state index contributed by atoms with van der Waals surface area (Å²) in [5.74, 6) is 2.24. The van der Waals surface area contributed by atoms with Crippen LogP contribution in [-0.4, -0.2) is 82.1 Å². The number of aliphatic carboxylic acids is 1. The van der Waals surface area contributed by atoms with Crippen molar-refractivity contribution in [2.24, 2.45) is 27.2 Å². The summed E-state index contributed by atoms with van der Waals surface area (Å²) in [7, 11) is 5.26. The van der Waals surface area contributed by atoms with Crippen LogP contribution >= 0.6 is 22.7 Å². The normalized spacial score (nSPS) is 17.1. The van der Waals surface area contributed by atoms with E-state index in [1.165, 1.54) is 16.0 Å². The van der Waals surface area contributed by atoms with Crippen molar-refractivity contribution in [3.05, 3.63) is 80.1 Å². The lowest BCUT2D eigenvalue weighted by Gasteiger charge is -2.31. The van der Waals surface area contributed by atoms with Gasteiger partial charge in [-0.25, -0.2) is 19.9 Å². The molecule has 2 atom stereocenters. The van der Waals surface area contributed by atoms with Crippen molar-refractivity contribution in [2.45, 2.75) is 72.4 Å². The number of carboxylic acids is 1. The quantitative estimate of drug-likeness (QED) is 0.127. The topological polar surface area (TPSA) is 176 Å². The number of anilines is 4. The zero-order valence-electron chi connectivity index (χ0n) is 35.7. The maximum Gasteiger partial charge on any atom is 0.306 e. The highest BCUT2D eigenvalue weighted by Crippen LogP contribution is 2.44. The van der Waals surface area contributed by atoms with Crippen LogP contribution < -0.4 is 20.1 Å². The fourth-order valence-corrected chi connectivity index (χ4v) is 11.5. The molecule has 6 aromatic rings. The maximum atomic E-state index is 13.1. The fourth-order valence-electron chi connectivity index (χ4n) is 9.00. The van der Waals surface area contributed by atoms with Gasteiger partial charge in [0, 0.05) is 41.7 Å². The second-order valence-corrected chi connectivity index (χ2v) is 19.6. The summed E-state index contributed by atoms with van der Waals surface area (Å²) in [6, 6.07) is 8.13. The number of aryl methyl sites for hydroxylation is 2. The molecule has 2 aromatic carbocycles. The Morgan fingerprint density at radius 3 is 1.71 bits per heavy atom. The minimum Gasteiger partial charge on any atom is -0.495 e. The summed E-state index contributed by atoms with van der Waals surface area (Å²) in [6.07, 6.45) is 11.3. The molecule has 0 fully saturated rings. The molecular weight excluding hydrogens is 823 g/mol. The van der Waals surface area contributed by atoms with Crippen molar-refractivity contribution in [1.82, 2.24) is 24.8 Å². The van der Waals surface area contributed by atoms with Gasteiger partial charge in [-0.1, -0.05) is 20.8 Å². The number of benzene rings is 2. The van der Waals surface area contributed by atoms with Crippen molar-refractivity contribution in [3.63, 3.8) is 0 Å². The molecule has 16 heteroatoms. The van der Waals surface area contributed by atoms with Crippen LogP contribution in [0.1, 0.15) is 76.7 Å². The molecule has 4 aliphatic rings. The SMILES string of the molecule is COc1cc2c(cc1Nc1ncnc3sc4c(c13)CC[C@H](C(=O)N(C)CC(C)(C)C)C4)C=NC2.COc1cc2c(cc1Nc1ncnc3sc4c(c13)CC[C@H](C(=O)O)C4)C=NC2. The van der Waals surface area contributed by atoms with Crippen LogP contribution in [0.25, 0.3) is 20.4 Å². The molecule has 0 spiro atoms. The van der Waals surface area contributed by atoms with Crippen LogP contribution in [0.15, 0.2) is 46.9 Å². The minimum absolute atomic E-state index is 0.0216.